The first-order valence-corrected chi connectivity index (χ1v) is 7.73. The predicted molar refractivity (Wildman–Crippen MR) is 91.5 cm³/mol. The second-order valence-corrected chi connectivity index (χ2v) is 5.75. The number of aliphatic hydroxyl groups excluding tert-OH is 1. The molecule has 0 aliphatic rings. The van der Waals surface area contributed by atoms with Gasteiger partial charge in [-0.05, 0) is 31.5 Å². The highest BCUT2D eigenvalue weighted by atomic mass is 16.3. The molecule has 3 rings (SSSR count). The molecule has 0 aliphatic heterocycles. The lowest BCUT2D eigenvalue weighted by Gasteiger charge is -2.16. The molecule has 0 radical (unpaired) electrons. The number of nitrogens with one attached hydrogen (secondary N) is 3. The van der Waals surface area contributed by atoms with Gasteiger partial charge in [-0.3, -0.25) is 0 Å². The van der Waals surface area contributed by atoms with Crippen molar-refractivity contribution in [2.75, 3.05) is 17.2 Å². The van der Waals surface area contributed by atoms with Gasteiger partial charge in [-0.25, -0.2) is 5.10 Å². The van der Waals surface area contributed by atoms with Crippen molar-refractivity contribution in [1.29, 1.82) is 0 Å². The Morgan fingerprint density at radius 2 is 1.96 bits per heavy atom. The molecule has 2 unspecified atom stereocenters. The number of nitrogens with zero attached hydrogens (tertiary/aromatic N) is 4. The Morgan fingerprint density at radius 1 is 1.16 bits per heavy atom. The summed E-state index contributed by atoms with van der Waals surface area (Å²) in [6.07, 6.45) is -0.547. The lowest BCUT2D eigenvalue weighted by molar-refractivity contribution is 0.208. The molecule has 132 valence electrons. The fraction of sp³-hybridized carbons (Fsp3) is 0.333. The van der Waals surface area contributed by atoms with Crippen molar-refractivity contribution in [1.82, 2.24) is 25.4 Å². The Morgan fingerprint density at radius 3 is 2.68 bits per heavy atom. The number of aliphatic hydroxyl groups is 1. The Hall–Kier alpha value is -3.14. The number of rotatable bonds is 6. The number of benzene rings is 1. The van der Waals surface area contributed by atoms with E-state index in [9.17, 15) is 15.3 Å². The molecule has 0 saturated heterocycles. The predicted octanol–water partition coefficient (Wildman–Crippen LogP) is 1.12. The highest BCUT2D eigenvalue weighted by Gasteiger charge is 2.15. The van der Waals surface area contributed by atoms with Gasteiger partial charge in [0.25, 0.3) is 0 Å². The van der Waals surface area contributed by atoms with Crippen molar-refractivity contribution in [2.24, 2.45) is 0 Å². The number of phenols is 2. The fourth-order valence-electron chi connectivity index (χ4n) is 2.27. The van der Waals surface area contributed by atoms with E-state index in [2.05, 4.69) is 36.0 Å². The van der Waals surface area contributed by atoms with Gasteiger partial charge in [0.1, 0.15) is 0 Å². The van der Waals surface area contributed by atoms with Crippen LogP contribution in [0.5, 0.6) is 11.5 Å². The molecule has 25 heavy (non-hydrogen) atoms. The van der Waals surface area contributed by atoms with E-state index in [0.717, 1.165) is 5.56 Å². The summed E-state index contributed by atoms with van der Waals surface area (Å²) in [5.74, 6) is 0.399. The van der Waals surface area contributed by atoms with Crippen LogP contribution in [0, 0.1) is 0 Å². The van der Waals surface area contributed by atoms with Crippen LogP contribution in [0.25, 0.3) is 11.2 Å². The number of aromatic hydroxyl groups is 2. The largest absolute Gasteiger partial charge is 0.504 e. The van der Waals surface area contributed by atoms with Crippen LogP contribution in [0.4, 0.5) is 11.8 Å². The van der Waals surface area contributed by atoms with Crippen LogP contribution >= 0.6 is 0 Å². The van der Waals surface area contributed by atoms with Gasteiger partial charge in [-0.15, -0.1) is 5.10 Å². The summed E-state index contributed by atoms with van der Waals surface area (Å²) in [4.78, 5) is 8.62. The Balaban J connectivity index is 1.88. The minimum Gasteiger partial charge on any atom is -0.504 e. The first-order valence-electron chi connectivity index (χ1n) is 7.73. The van der Waals surface area contributed by atoms with Crippen LogP contribution in [-0.2, 0) is 0 Å². The third-order valence-corrected chi connectivity index (χ3v) is 3.60. The molecule has 6 N–H and O–H groups in total. The highest BCUT2D eigenvalue weighted by molar-refractivity contribution is 5.83. The topological polar surface area (TPSA) is 152 Å². The third kappa shape index (κ3) is 3.69. The van der Waals surface area contributed by atoms with Crippen molar-refractivity contribution in [2.45, 2.75) is 26.0 Å². The SMILES string of the molecule is CC(O)CNc1nc(NC(C)c2ccc(O)c(O)c2)c2nn[nH]c2n1. The van der Waals surface area contributed by atoms with Gasteiger partial charge in [0.15, 0.2) is 28.5 Å². The minimum atomic E-state index is -0.547. The van der Waals surface area contributed by atoms with Gasteiger partial charge in [-0.2, -0.15) is 9.97 Å². The molecule has 0 saturated carbocycles. The number of aromatic amines is 1. The zero-order valence-electron chi connectivity index (χ0n) is 13.7. The average molecular weight is 345 g/mol. The van der Waals surface area contributed by atoms with Crippen molar-refractivity contribution in [3.8, 4) is 11.5 Å². The van der Waals surface area contributed by atoms with Gasteiger partial charge < -0.3 is 26.0 Å². The minimum absolute atomic E-state index is 0.179. The Labute approximate surface area is 143 Å². The van der Waals surface area contributed by atoms with Gasteiger partial charge in [0, 0.05) is 6.54 Å². The second kappa shape index (κ2) is 6.77. The molecule has 3 aromatic rings. The van der Waals surface area contributed by atoms with E-state index in [-0.39, 0.29) is 17.5 Å². The lowest BCUT2D eigenvalue weighted by Crippen LogP contribution is -2.18. The molecule has 2 atom stereocenters. The van der Waals surface area contributed by atoms with Crippen molar-refractivity contribution >= 4 is 22.9 Å². The maximum Gasteiger partial charge on any atom is 0.226 e. The van der Waals surface area contributed by atoms with Crippen LogP contribution in [0.3, 0.4) is 0 Å². The molecule has 0 amide bonds. The summed E-state index contributed by atoms with van der Waals surface area (Å²) >= 11 is 0. The number of hydrogen-bond acceptors (Lipinski definition) is 9. The number of phenolic OH excluding ortho intramolecular Hbond substituents is 2. The van der Waals surface area contributed by atoms with E-state index in [1.165, 1.54) is 12.1 Å². The van der Waals surface area contributed by atoms with Gasteiger partial charge >= 0.3 is 0 Å². The lowest BCUT2D eigenvalue weighted by atomic mass is 10.1. The van der Waals surface area contributed by atoms with E-state index in [1.807, 2.05) is 6.92 Å². The van der Waals surface area contributed by atoms with Crippen LogP contribution in [-0.4, -0.2) is 53.3 Å². The number of H-pyrrole nitrogens is 1. The summed E-state index contributed by atoms with van der Waals surface area (Å²) in [5, 5.41) is 45.0. The molecule has 2 heterocycles. The first kappa shape index (κ1) is 16.7. The maximum atomic E-state index is 9.66. The standard InChI is InChI=1S/C15H19N7O3/c1-7(23)6-16-15-18-13(12-14(19-15)21-22-20-12)17-8(2)9-3-4-10(24)11(25)5-9/h3-5,7-8,23-25H,6H2,1-2H3,(H3,16,17,18,19,20,21,22). The van der Waals surface area contributed by atoms with E-state index in [0.29, 0.717) is 29.5 Å². The number of anilines is 2. The molecule has 0 spiro atoms. The van der Waals surface area contributed by atoms with Crippen LogP contribution < -0.4 is 10.6 Å². The molecular weight excluding hydrogens is 326 g/mol. The molecule has 10 heteroatoms. The van der Waals surface area contributed by atoms with E-state index in [1.54, 1.807) is 13.0 Å². The molecule has 10 nitrogen and oxygen atoms in total. The smallest absolute Gasteiger partial charge is 0.226 e. The Kier molecular flexibility index (Phi) is 4.52. The zero-order chi connectivity index (χ0) is 18.0. The van der Waals surface area contributed by atoms with Gasteiger partial charge in [0.05, 0.1) is 12.1 Å². The summed E-state index contributed by atoms with van der Waals surface area (Å²) in [6.45, 7) is 3.83. The van der Waals surface area contributed by atoms with E-state index in [4.69, 9.17) is 0 Å². The number of hydrogen-bond donors (Lipinski definition) is 6. The molecule has 0 aliphatic carbocycles. The van der Waals surface area contributed by atoms with Crippen molar-refractivity contribution in [3.05, 3.63) is 23.8 Å². The van der Waals surface area contributed by atoms with Crippen LogP contribution in [0.2, 0.25) is 0 Å². The van der Waals surface area contributed by atoms with E-state index < -0.39 is 6.10 Å². The monoisotopic (exact) mass is 345 g/mol. The van der Waals surface area contributed by atoms with E-state index >= 15 is 0 Å². The molecule has 1 aromatic carbocycles. The zero-order valence-corrected chi connectivity index (χ0v) is 13.7. The van der Waals surface area contributed by atoms with Crippen LogP contribution in [0.15, 0.2) is 18.2 Å². The van der Waals surface area contributed by atoms with Crippen molar-refractivity contribution in [3.63, 3.8) is 0 Å². The quantitative estimate of drug-likeness (QED) is 0.361. The third-order valence-electron chi connectivity index (χ3n) is 3.60. The van der Waals surface area contributed by atoms with Gasteiger partial charge in [0.2, 0.25) is 5.95 Å². The fourth-order valence-corrected chi connectivity index (χ4v) is 2.27. The molecule has 0 bridgehead atoms. The summed E-state index contributed by atoms with van der Waals surface area (Å²) in [6, 6.07) is 4.36. The molecule has 2 aromatic heterocycles. The first-order chi connectivity index (χ1) is 11.9. The van der Waals surface area contributed by atoms with Crippen LogP contribution in [0.1, 0.15) is 25.5 Å². The number of aromatic nitrogens is 5. The summed E-state index contributed by atoms with van der Waals surface area (Å²) in [5.41, 5.74) is 1.67. The Bertz CT molecular complexity index is 881. The molecular formula is C15H19N7O3. The second-order valence-electron chi connectivity index (χ2n) is 5.75. The summed E-state index contributed by atoms with van der Waals surface area (Å²) in [7, 11) is 0. The molecule has 0 fully saturated rings. The van der Waals surface area contributed by atoms with Crippen molar-refractivity contribution < 1.29 is 15.3 Å². The maximum absolute atomic E-state index is 9.66. The summed E-state index contributed by atoms with van der Waals surface area (Å²) < 4.78 is 0. The highest BCUT2D eigenvalue weighted by Crippen LogP contribution is 2.30. The average Bonchev–Trinajstić information content (AvgIpc) is 3.04. The van der Waals surface area contributed by atoms with Gasteiger partial charge in [-0.1, -0.05) is 11.3 Å². The number of fused-ring (bicyclic) bond motifs is 1. The normalized spacial score (nSPS) is 13.6.